The van der Waals surface area contributed by atoms with Crippen LogP contribution in [0.2, 0.25) is 10.0 Å². The molecule has 1 heterocycles. The Bertz CT molecular complexity index is 1310. The molecule has 1 aromatic heterocycles. The minimum Gasteiger partial charge on any atom is -0.497 e. The summed E-state index contributed by atoms with van der Waals surface area (Å²) in [5.41, 5.74) is 2.38. The average molecular weight is 483 g/mol. The maximum absolute atomic E-state index is 13.3. The predicted molar refractivity (Wildman–Crippen MR) is 134 cm³/mol. The third-order valence-electron chi connectivity index (χ3n) is 5.43. The minimum absolute atomic E-state index is 0.0519. The fourth-order valence-corrected chi connectivity index (χ4v) is 4.40. The molecule has 0 radical (unpaired) electrons. The molecule has 0 aliphatic carbocycles. The smallest absolute Gasteiger partial charge is 0.261 e. The van der Waals surface area contributed by atoms with E-state index in [0.717, 1.165) is 29.7 Å². The van der Waals surface area contributed by atoms with E-state index in [1.807, 2.05) is 61.5 Å². The number of para-hydroxylation sites is 1. The first-order valence-electron chi connectivity index (χ1n) is 10.7. The summed E-state index contributed by atoms with van der Waals surface area (Å²) >= 11 is 12.3. The minimum atomic E-state index is -0.0519. The molecule has 33 heavy (non-hydrogen) atoms. The average Bonchev–Trinajstić information content (AvgIpc) is 2.81. The molecule has 0 spiro atoms. The number of halogens is 2. The fourth-order valence-electron chi connectivity index (χ4n) is 3.75. The summed E-state index contributed by atoms with van der Waals surface area (Å²) in [6.45, 7) is 2.92. The SMILES string of the molecule is COc1ccc(-c2nc3ccccc3c(=O)n2CCCCOc2c(C)cc(Cl)cc2Cl)cc1. The van der Waals surface area contributed by atoms with Gasteiger partial charge in [-0.25, -0.2) is 4.98 Å². The Morgan fingerprint density at radius 3 is 2.48 bits per heavy atom. The van der Waals surface area contributed by atoms with Crippen molar-refractivity contribution in [2.45, 2.75) is 26.3 Å². The molecule has 0 aliphatic rings. The summed E-state index contributed by atoms with van der Waals surface area (Å²) in [6, 6.07) is 18.5. The van der Waals surface area contributed by atoms with Gasteiger partial charge in [-0.2, -0.15) is 0 Å². The van der Waals surface area contributed by atoms with Crippen LogP contribution in [0.4, 0.5) is 0 Å². The molecule has 3 aromatic carbocycles. The largest absolute Gasteiger partial charge is 0.497 e. The highest BCUT2D eigenvalue weighted by Gasteiger charge is 2.13. The van der Waals surface area contributed by atoms with E-state index in [-0.39, 0.29) is 5.56 Å². The topological polar surface area (TPSA) is 53.3 Å². The van der Waals surface area contributed by atoms with Crippen molar-refractivity contribution in [3.8, 4) is 22.9 Å². The molecule has 0 unspecified atom stereocenters. The van der Waals surface area contributed by atoms with Gasteiger partial charge in [-0.3, -0.25) is 9.36 Å². The maximum atomic E-state index is 13.3. The van der Waals surface area contributed by atoms with Crippen LogP contribution < -0.4 is 15.0 Å². The number of hydrogen-bond acceptors (Lipinski definition) is 4. The maximum Gasteiger partial charge on any atom is 0.261 e. The van der Waals surface area contributed by atoms with E-state index in [2.05, 4.69) is 0 Å². The van der Waals surface area contributed by atoms with Crippen molar-refractivity contribution in [2.24, 2.45) is 0 Å². The van der Waals surface area contributed by atoms with Crippen molar-refractivity contribution in [2.75, 3.05) is 13.7 Å². The number of aryl methyl sites for hydroxylation is 1. The van der Waals surface area contributed by atoms with E-state index in [9.17, 15) is 4.79 Å². The third-order valence-corrected chi connectivity index (χ3v) is 5.93. The molecule has 0 amide bonds. The molecule has 4 aromatic rings. The molecule has 4 rings (SSSR count). The van der Waals surface area contributed by atoms with Gasteiger partial charge in [0.05, 0.1) is 29.6 Å². The molecule has 0 bridgehead atoms. The van der Waals surface area contributed by atoms with Gasteiger partial charge in [-0.1, -0.05) is 35.3 Å². The number of nitrogens with zero attached hydrogens (tertiary/aromatic N) is 2. The van der Waals surface area contributed by atoms with Gasteiger partial charge in [0, 0.05) is 17.1 Å². The highest BCUT2D eigenvalue weighted by molar-refractivity contribution is 6.35. The molecule has 0 aliphatic heterocycles. The Morgan fingerprint density at radius 2 is 1.76 bits per heavy atom. The van der Waals surface area contributed by atoms with Gasteiger partial charge in [0.25, 0.3) is 5.56 Å². The van der Waals surface area contributed by atoms with Crippen LogP contribution in [0, 0.1) is 6.92 Å². The van der Waals surface area contributed by atoms with Gasteiger partial charge in [-0.05, 0) is 73.9 Å². The van der Waals surface area contributed by atoms with Gasteiger partial charge in [0.1, 0.15) is 17.3 Å². The predicted octanol–water partition coefficient (Wildman–Crippen LogP) is 6.55. The van der Waals surface area contributed by atoms with Crippen molar-refractivity contribution >= 4 is 34.1 Å². The number of methoxy groups -OCH3 is 1. The molecule has 5 nitrogen and oxygen atoms in total. The Hall–Kier alpha value is -3.02. The van der Waals surface area contributed by atoms with Gasteiger partial charge >= 0.3 is 0 Å². The molecule has 0 N–H and O–H groups in total. The Morgan fingerprint density at radius 1 is 1.00 bits per heavy atom. The zero-order valence-electron chi connectivity index (χ0n) is 18.5. The van der Waals surface area contributed by atoms with Crippen LogP contribution in [0.25, 0.3) is 22.3 Å². The summed E-state index contributed by atoms with van der Waals surface area (Å²) in [5, 5.41) is 1.69. The quantitative estimate of drug-likeness (QED) is 0.267. The Labute approximate surface area is 202 Å². The van der Waals surface area contributed by atoms with Gasteiger partial charge in [-0.15, -0.1) is 0 Å². The summed E-state index contributed by atoms with van der Waals surface area (Å²) in [5.74, 6) is 2.03. The molecule has 0 saturated heterocycles. The van der Waals surface area contributed by atoms with Crippen molar-refractivity contribution in [3.05, 3.63) is 86.6 Å². The lowest BCUT2D eigenvalue weighted by Crippen LogP contribution is -2.24. The molecular weight excluding hydrogens is 459 g/mol. The molecule has 170 valence electrons. The monoisotopic (exact) mass is 482 g/mol. The summed E-state index contributed by atoms with van der Waals surface area (Å²) in [4.78, 5) is 18.1. The number of rotatable bonds is 8. The normalized spacial score (nSPS) is 11.0. The lowest BCUT2D eigenvalue weighted by Gasteiger charge is -2.15. The molecule has 0 atom stereocenters. The van der Waals surface area contributed by atoms with Gasteiger partial charge < -0.3 is 9.47 Å². The van der Waals surface area contributed by atoms with Gasteiger partial charge in [0.2, 0.25) is 0 Å². The molecule has 7 heteroatoms. The first kappa shape index (κ1) is 23.1. The second-order valence-corrected chi connectivity index (χ2v) is 8.57. The van der Waals surface area contributed by atoms with Crippen molar-refractivity contribution in [1.29, 1.82) is 0 Å². The number of hydrogen-bond donors (Lipinski definition) is 0. The number of ether oxygens (including phenoxy) is 2. The summed E-state index contributed by atoms with van der Waals surface area (Å²) in [7, 11) is 1.62. The van der Waals surface area contributed by atoms with Crippen LogP contribution in [0.1, 0.15) is 18.4 Å². The number of unbranched alkanes of at least 4 members (excludes halogenated alkanes) is 1. The van der Waals surface area contributed by atoms with Crippen LogP contribution in [0.5, 0.6) is 11.5 Å². The fraction of sp³-hybridized carbons (Fsp3) is 0.231. The Balaban J connectivity index is 1.54. The van der Waals surface area contributed by atoms with E-state index in [4.69, 9.17) is 37.7 Å². The van der Waals surface area contributed by atoms with Crippen LogP contribution in [-0.4, -0.2) is 23.3 Å². The van der Waals surface area contributed by atoms with Crippen LogP contribution in [0.15, 0.2) is 65.5 Å². The first-order valence-corrected chi connectivity index (χ1v) is 11.5. The Kier molecular flexibility index (Phi) is 7.21. The zero-order valence-corrected chi connectivity index (χ0v) is 20.0. The first-order chi connectivity index (χ1) is 16.0. The van der Waals surface area contributed by atoms with E-state index < -0.39 is 0 Å². The second-order valence-electron chi connectivity index (χ2n) is 7.73. The third kappa shape index (κ3) is 5.15. The standard InChI is InChI=1S/C26H24Cl2N2O3/c1-17-15-19(27)16-22(28)24(17)33-14-6-5-13-30-25(18-9-11-20(32-2)12-10-18)29-23-8-4-3-7-21(23)26(30)31/h3-4,7-12,15-16H,5-6,13-14H2,1-2H3. The highest BCUT2D eigenvalue weighted by atomic mass is 35.5. The van der Waals surface area contributed by atoms with E-state index in [1.54, 1.807) is 17.7 Å². The number of aromatic nitrogens is 2. The lowest BCUT2D eigenvalue weighted by molar-refractivity contribution is 0.301. The molecular formula is C26H24Cl2N2O3. The van der Waals surface area contributed by atoms with E-state index in [0.29, 0.717) is 45.7 Å². The zero-order chi connectivity index (χ0) is 23.4. The van der Waals surface area contributed by atoms with Gasteiger partial charge in [0.15, 0.2) is 0 Å². The number of fused-ring (bicyclic) bond motifs is 1. The summed E-state index contributed by atoms with van der Waals surface area (Å²) in [6.07, 6.45) is 1.49. The molecule has 0 saturated carbocycles. The highest BCUT2D eigenvalue weighted by Crippen LogP contribution is 2.32. The van der Waals surface area contributed by atoms with Crippen molar-refractivity contribution < 1.29 is 9.47 Å². The van der Waals surface area contributed by atoms with E-state index in [1.165, 1.54) is 0 Å². The summed E-state index contributed by atoms with van der Waals surface area (Å²) < 4.78 is 12.9. The van der Waals surface area contributed by atoms with Crippen molar-refractivity contribution in [1.82, 2.24) is 9.55 Å². The van der Waals surface area contributed by atoms with Crippen LogP contribution in [-0.2, 0) is 6.54 Å². The second kappa shape index (κ2) is 10.3. The number of benzene rings is 3. The molecule has 0 fully saturated rings. The van der Waals surface area contributed by atoms with Crippen LogP contribution in [0.3, 0.4) is 0 Å². The lowest BCUT2D eigenvalue weighted by atomic mass is 10.1. The van der Waals surface area contributed by atoms with E-state index >= 15 is 0 Å². The van der Waals surface area contributed by atoms with Crippen LogP contribution >= 0.6 is 23.2 Å². The van der Waals surface area contributed by atoms with Crippen molar-refractivity contribution in [3.63, 3.8) is 0 Å².